The van der Waals surface area contributed by atoms with Crippen LogP contribution in [-0.4, -0.2) is 10.7 Å². The van der Waals surface area contributed by atoms with E-state index in [2.05, 4.69) is 69.7 Å². The van der Waals surface area contributed by atoms with E-state index in [4.69, 9.17) is 28.0 Å². The molecule has 0 unspecified atom stereocenters. The van der Waals surface area contributed by atoms with Crippen molar-refractivity contribution in [1.82, 2.24) is 0 Å². The van der Waals surface area contributed by atoms with Crippen LogP contribution in [0, 0.1) is 39.2 Å². The van der Waals surface area contributed by atoms with Crippen molar-refractivity contribution in [2.45, 2.75) is 13.3 Å². The van der Waals surface area contributed by atoms with E-state index in [-0.39, 0.29) is 0 Å². The van der Waals surface area contributed by atoms with E-state index in [9.17, 15) is 0 Å². The molecule has 0 amide bonds. The standard InChI is InChI=1S/C11H14O.5CO.W/c1-2-12-10-9-11-7-5-3-4-6-8-11;5*1-2;/h3-8,11H,2,9H2,1H3;;;;;;. The second kappa shape index (κ2) is 42.8. The zero-order valence-corrected chi connectivity index (χ0v) is 15.2. The third kappa shape index (κ3) is 33.3. The van der Waals surface area contributed by atoms with Crippen molar-refractivity contribution in [3.63, 3.8) is 0 Å². The predicted octanol–water partition coefficient (Wildman–Crippen LogP) is 2.20. The van der Waals surface area contributed by atoms with Crippen molar-refractivity contribution < 1.29 is 47.4 Å². The Morgan fingerprint density at radius 2 is 1.17 bits per heavy atom. The molecule has 0 N–H and O–H groups in total. The van der Waals surface area contributed by atoms with E-state index >= 15 is 0 Å². The molecule has 23 heavy (non-hydrogen) atoms. The molecule has 0 radical (unpaired) electrons. The van der Waals surface area contributed by atoms with Crippen molar-refractivity contribution in [3.05, 3.63) is 69.7 Å². The summed E-state index contributed by atoms with van der Waals surface area (Å²) in [5.74, 6) is 0.508. The quantitative estimate of drug-likeness (QED) is 0.441. The van der Waals surface area contributed by atoms with E-state index < -0.39 is 0 Å². The van der Waals surface area contributed by atoms with Gasteiger partial charge < -0.3 is 0 Å². The molecule has 0 saturated heterocycles. The van der Waals surface area contributed by atoms with E-state index in [0.717, 1.165) is 13.0 Å². The zero-order chi connectivity index (χ0) is 19.5. The van der Waals surface area contributed by atoms with Crippen molar-refractivity contribution in [1.29, 1.82) is 0 Å². The van der Waals surface area contributed by atoms with E-state index in [1.54, 1.807) is 0 Å². The Kier molecular flexibility index (Phi) is 61.6. The number of hydrogen-bond donors (Lipinski definition) is 0. The number of ether oxygens (including phenoxy) is 1. The molecule has 0 aromatic heterocycles. The van der Waals surface area contributed by atoms with Gasteiger partial charge in [0.05, 0.1) is 0 Å². The fourth-order valence-electron chi connectivity index (χ4n) is 1.15. The molecular formula is C16H14O6W. The Balaban J connectivity index is -0.0000000923. The Hall–Kier alpha value is -1.56. The van der Waals surface area contributed by atoms with Crippen LogP contribution in [-0.2, 0) is 47.4 Å². The van der Waals surface area contributed by atoms with Crippen molar-refractivity contribution in [2.24, 2.45) is 5.92 Å². The van der Waals surface area contributed by atoms with Crippen LogP contribution in [0.2, 0.25) is 0 Å². The van der Waals surface area contributed by atoms with Gasteiger partial charge in [0, 0.05) is 0 Å². The topological polar surface area (TPSA) is 109 Å². The summed E-state index contributed by atoms with van der Waals surface area (Å²) >= 11 is 1.44. The van der Waals surface area contributed by atoms with Gasteiger partial charge in [-0.1, -0.05) is 0 Å². The average Bonchev–Trinajstić information content (AvgIpc) is 2.92. The Morgan fingerprint density at radius 1 is 0.826 bits per heavy atom. The summed E-state index contributed by atoms with van der Waals surface area (Å²) in [5, 5.41) is 0. The number of rotatable bonds is 4. The molecule has 0 aliphatic heterocycles. The van der Waals surface area contributed by atoms with Gasteiger partial charge in [0.1, 0.15) is 0 Å². The van der Waals surface area contributed by atoms with Crippen LogP contribution in [0.25, 0.3) is 0 Å². The first-order chi connectivity index (χ1) is 11.3. The summed E-state index contributed by atoms with van der Waals surface area (Å²) < 4.78 is 44.1. The maximum absolute atomic E-state index is 7.50. The molecule has 1 aliphatic rings. The van der Waals surface area contributed by atoms with Gasteiger partial charge in [-0.05, 0) is 0 Å². The predicted molar refractivity (Wildman–Crippen MR) is 71.8 cm³/mol. The molecular weight excluding hydrogens is 472 g/mol. The molecule has 0 fully saturated rings. The van der Waals surface area contributed by atoms with Crippen LogP contribution >= 0.6 is 0 Å². The summed E-state index contributed by atoms with van der Waals surface area (Å²) in [6, 6.07) is 0. The molecule has 0 bridgehead atoms. The molecule has 1 rings (SSSR count). The van der Waals surface area contributed by atoms with Gasteiger partial charge in [0.2, 0.25) is 0 Å². The monoisotopic (exact) mass is 486 g/mol. The Bertz CT molecular complexity index is 387. The molecule has 7 heteroatoms. The minimum atomic E-state index is 0.508. The second-order valence-corrected chi connectivity index (χ2v) is 4.46. The van der Waals surface area contributed by atoms with Crippen LogP contribution in [0.4, 0.5) is 0 Å². The van der Waals surface area contributed by atoms with Gasteiger partial charge in [0.15, 0.2) is 0 Å². The number of allylic oxidation sites excluding steroid dienone is 6. The zero-order valence-electron chi connectivity index (χ0n) is 12.3. The van der Waals surface area contributed by atoms with Gasteiger partial charge in [-0.3, -0.25) is 0 Å². The molecule has 0 aromatic rings. The van der Waals surface area contributed by atoms with E-state index in [0.29, 0.717) is 5.92 Å². The summed E-state index contributed by atoms with van der Waals surface area (Å²) in [6.07, 6.45) is 13.7. The van der Waals surface area contributed by atoms with Crippen molar-refractivity contribution in [3.8, 4) is 0 Å². The molecule has 1 aliphatic carbocycles. The first kappa shape index (κ1) is 33.1. The molecule has 0 saturated carbocycles. The van der Waals surface area contributed by atoms with Crippen LogP contribution in [0.15, 0.2) is 36.5 Å². The normalized spacial score (nSPS) is 9.52. The third-order valence-corrected chi connectivity index (χ3v) is 2.78. The third-order valence-electron chi connectivity index (χ3n) is 1.76. The second-order valence-electron chi connectivity index (χ2n) is 2.83. The summed E-state index contributed by atoms with van der Waals surface area (Å²) in [5.41, 5.74) is 0. The van der Waals surface area contributed by atoms with Crippen molar-refractivity contribution >= 4 is 4.08 Å². The first-order valence-corrected chi connectivity index (χ1v) is 6.99. The fraction of sp³-hybridized carbons (Fsp3) is 0.250. The van der Waals surface area contributed by atoms with Crippen molar-refractivity contribution in [2.75, 3.05) is 6.61 Å². The first-order valence-electron chi connectivity index (χ1n) is 5.52. The van der Waals surface area contributed by atoms with Gasteiger partial charge in [-0.25, -0.2) is 0 Å². The Labute approximate surface area is 147 Å². The Morgan fingerprint density at radius 3 is 1.48 bits per heavy atom. The van der Waals surface area contributed by atoms with Crippen LogP contribution in [0.5, 0.6) is 0 Å². The molecule has 6 nitrogen and oxygen atoms in total. The molecule has 0 aromatic carbocycles. The van der Waals surface area contributed by atoms with E-state index in [1.807, 2.05) is 6.92 Å². The van der Waals surface area contributed by atoms with E-state index in [1.165, 1.54) is 23.4 Å². The van der Waals surface area contributed by atoms with Gasteiger partial charge >= 0.3 is 147 Å². The van der Waals surface area contributed by atoms with Gasteiger partial charge in [-0.15, -0.1) is 0 Å². The minimum absolute atomic E-state index is 0.508. The van der Waals surface area contributed by atoms with Crippen LogP contribution in [0.3, 0.4) is 0 Å². The summed E-state index contributed by atoms with van der Waals surface area (Å²) in [4.78, 5) is 0. The van der Waals surface area contributed by atoms with Gasteiger partial charge in [-0.2, -0.15) is 0 Å². The molecule has 0 spiro atoms. The number of hydrogen-bond acceptors (Lipinski definition) is 1. The maximum atomic E-state index is 7.50. The molecule has 0 heterocycles. The fourth-order valence-corrected chi connectivity index (χ4v) is 2.27. The molecule has 0 atom stereocenters. The average molecular weight is 486 g/mol. The van der Waals surface area contributed by atoms with Crippen LogP contribution in [0.1, 0.15) is 13.3 Å². The molecule has 120 valence electrons. The SMILES string of the molecule is CCO[C](=[W])CC1C=CC=CC=C1.[C-]#[O+].[C-]#[O+].[C-]#[O+].[C-]#[O+].[C-]#[O+]. The summed E-state index contributed by atoms with van der Waals surface area (Å²) in [6.45, 7) is 25.3. The summed E-state index contributed by atoms with van der Waals surface area (Å²) in [7, 11) is 0. The van der Waals surface area contributed by atoms with Crippen LogP contribution < -0.4 is 0 Å². The van der Waals surface area contributed by atoms with Gasteiger partial charge in [0.25, 0.3) is 0 Å².